The summed E-state index contributed by atoms with van der Waals surface area (Å²) in [6, 6.07) is 8.83. The smallest absolute Gasteiger partial charge is 0.253 e. The lowest BCUT2D eigenvalue weighted by Crippen LogP contribution is -2.28. The number of nitrogens with one attached hydrogen (secondary N) is 1. The highest BCUT2D eigenvalue weighted by atomic mass is 32.1. The van der Waals surface area contributed by atoms with Gasteiger partial charge in [0.25, 0.3) is 5.91 Å². The van der Waals surface area contributed by atoms with Crippen LogP contribution in [0.4, 0.5) is 8.78 Å². The molecule has 0 bridgehead atoms. The molecule has 1 amide bonds. The lowest BCUT2D eigenvalue weighted by Gasteiger charge is -2.14. The molecular weight excluding hydrogens is 408 g/mol. The third kappa shape index (κ3) is 3.42. The number of benzene rings is 1. The summed E-state index contributed by atoms with van der Waals surface area (Å²) in [6.07, 6.45) is 0. The van der Waals surface area contributed by atoms with Crippen LogP contribution in [-0.4, -0.2) is 20.7 Å². The first kappa shape index (κ1) is 19.7. The molecule has 30 heavy (non-hydrogen) atoms. The fourth-order valence-corrected chi connectivity index (χ4v) is 3.98. The molecule has 0 saturated carbocycles. The first-order valence-electron chi connectivity index (χ1n) is 8.92. The molecule has 1 atom stereocenters. The number of pyridine rings is 1. The number of fused-ring (bicyclic) bond motifs is 1. The Morgan fingerprint density at radius 2 is 2.10 bits per heavy atom. The van der Waals surface area contributed by atoms with Crippen molar-refractivity contribution < 1.29 is 13.6 Å². The number of rotatable bonds is 4. The molecule has 150 valence electrons. The van der Waals surface area contributed by atoms with Crippen molar-refractivity contribution in [2.24, 2.45) is 7.05 Å². The van der Waals surface area contributed by atoms with Crippen LogP contribution in [0, 0.1) is 29.9 Å². The number of hydrogen-bond donors (Lipinski definition) is 1. The summed E-state index contributed by atoms with van der Waals surface area (Å²) in [5.74, 6) is -2.24. The van der Waals surface area contributed by atoms with Crippen molar-refractivity contribution >= 4 is 28.3 Å². The fourth-order valence-electron chi connectivity index (χ4n) is 3.30. The normalized spacial score (nSPS) is 12.0. The highest BCUT2D eigenvalue weighted by molar-refractivity contribution is 7.13. The minimum atomic E-state index is -1.29. The van der Waals surface area contributed by atoms with Gasteiger partial charge in [-0.25, -0.2) is 13.8 Å². The number of carbonyl (C=O) groups is 1. The standard InChI is InChI=1S/C21H15F2N5OS/c1-11-19-14(9-16(18-4-3-7-30-18)25-20(19)28(2)27-11)21(29)26-17(10-24)13-6-5-12(22)8-15(13)23/h3-9,17H,1-2H3,(H,26,29). The number of thiophene rings is 1. The molecule has 1 N–H and O–H groups in total. The van der Waals surface area contributed by atoms with Gasteiger partial charge in [-0.2, -0.15) is 10.4 Å². The Balaban J connectivity index is 1.79. The average molecular weight is 423 g/mol. The highest BCUT2D eigenvalue weighted by Gasteiger charge is 2.23. The van der Waals surface area contributed by atoms with Crippen LogP contribution >= 0.6 is 11.3 Å². The van der Waals surface area contributed by atoms with E-state index in [1.807, 2.05) is 23.6 Å². The van der Waals surface area contributed by atoms with Gasteiger partial charge in [-0.05, 0) is 30.5 Å². The lowest BCUT2D eigenvalue weighted by atomic mass is 10.0. The molecular formula is C21H15F2N5OS. The summed E-state index contributed by atoms with van der Waals surface area (Å²) < 4.78 is 28.9. The minimum Gasteiger partial charge on any atom is -0.332 e. The Morgan fingerprint density at radius 3 is 2.77 bits per heavy atom. The molecule has 4 rings (SSSR count). The predicted octanol–water partition coefficient (Wildman–Crippen LogP) is 4.28. The molecule has 0 spiro atoms. The SMILES string of the molecule is Cc1nn(C)c2nc(-c3cccs3)cc(C(=O)NC(C#N)c3ccc(F)cc3F)c12. The van der Waals surface area contributed by atoms with E-state index in [2.05, 4.69) is 15.4 Å². The van der Waals surface area contributed by atoms with Crippen molar-refractivity contribution in [3.63, 3.8) is 0 Å². The number of aromatic nitrogens is 3. The summed E-state index contributed by atoms with van der Waals surface area (Å²) in [5, 5.41) is 18.8. The van der Waals surface area contributed by atoms with Crippen molar-refractivity contribution in [2.75, 3.05) is 0 Å². The average Bonchev–Trinajstić information content (AvgIpc) is 3.34. The third-order valence-corrected chi connectivity index (χ3v) is 5.56. The molecule has 1 unspecified atom stereocenters. The molecule has 6 nitrogen and oxygen atoms in total. The van der Waals surface area contributed by atoms with Crippen LogP contribution in [0.3, 0.4) is 0 Å². The van der Waals surface area contributed by atoms with Gasteiger partial charge in [0.15, 0.2) is 5.65 Å². The van der Waals surface area contributed by atoms with Crippen molar-refractivity contribution in [1.29, 1.82) is 5.26 Å². The Labute approximate surface area is 174 Å². The van der Waals surface area contributed by atoms with Crippen LogP contribution in [0.1, 0.15) is 27.7 Å². The maximum Gasteiger partial charge on any atom is 0.253 e. The number of hydrogen-bond acceptors (Lipinski definition) is 5. The van der Waals surface area contributed by atoms with Gasteiger partial charge in [-0.15, -0.1) is 11.3 Å². The van der Waals surface area contributed by atoms with Gasteiger partial charge in [-0.3, -0.25) is 9.48 Å². The van der Waals surface area contributed by atoms with E-state index in [-0.39, 0.29) is 11.1 Å². The van der Waals surface area contributed by atoms with Crippen molar-refractivity contribution in [3.8, 4) is 16.6 Å². The Bertz CT molecular complexity index is 1310. The largest absolute Gasteiger partial charge is 0.332 e. The molecule has 3 heterocycles. The summed E-state index contributed by atoms with van der Waals surface area (Å²) in [5.41, 5.74) is 1.87. The topological polar surface area (TPSA) is 83.6 Å². The molecule has 0 radical (unpaired) electrons. The van der Waals surface area contributed by atoms with Crippen LogP contribution < -0.4 is 5.32 Å². The summed E-state index contributed by atoms with van der Waals surface area (Å²) in [6.45, 7) is 1.76. The van der Waals surface area contributed by atoms with Crippen molar-refractivity contribution in [1.82, 2.24) is 20.1 Å². The van der Waals surface area contributed by atoms with Crippen molar-refractivity contribution in [2.45, 2.75) is 13.0 Å². The predicted molar refractivity (Wildman–Crippen MR) is 109 cm³/mol. The number of nitriles is 1. The van der Waals surface area contributed by atoms with Crippen LogP contribution in [0.5, 0.6) is 0 Å². The van der Waals surface area contributed by atoms with E-state index in [4.69, 9.17) is 0 Å². The maximum absolute atomic E-state index is 14.1. The second-order valence-corrected chi connectivity index (χ2v) is 7.59. The lowest BCUT2D eigenvalue weighted by molar-refractivity contribution is 0.0946. The third-order valence-electron chi connectivity index (χ3n) is 4.66. The van der Waals surface area contributed by atoms with E-state index in [0.29, 0.717) is 28.5 Å². The Hall–Kier alpha value is -3.64. The monoisotopic (exact) mass is 423 g/mol. The van der Waals surface area contributed by atoms with E-state index in [1.165, 1.54) is 11.3 Å². The maximum atomic E-state index is 14.1. The van der Waals surface area contributed by atoms with E-state index in [1.54, 1.807) is 24.7 Å². The molecule has 0 aliphatic rings. The molecule has 1 aromatic carbocycles. The zero-order valence-electron chi connectivity index (χ0n) is 16.0. The zero-order chi connectivity index (χ0) is 21.4. The molecule has 4 aromatic rings. The van der Waals surface area contributed by atoms with Gasteiger partial charge in [0.2, 0.25) is 0 Å². The summed E-state index contributed by atoms with van der Waals surface area (Å²) in [7, 11) is 1.73. The molecule has 0 saturated heterocycles. The van der Waals surface area contributed by atoms with E-state index >= 15 is 0 Å². The van der Waals surface area contributed by atoms with Gasteiger partial charge in [0.05, 0.1) is 33.3 Å². The summed E-state index contributed by atoms with van der Waals surface area (Å²) >= 11 is 1.47. The Kier molecular flexibility index (Phi) is 5.01. The quantitative estimate of drug-likeness (QED) is 0.531. The second kappa shape index (κ2) is 7.65. The van der Waals surface area contributed by atoms with Crippen LogP contribution in [-0.2, 0) is 7.05 Å². The van der Waals surface area contributed by atoms with Gasteiger partial charge < -0.3 is 5.32 Å². The molecule has 0 aliphatic carbocycles. The van der Waals surface area contributed by atoms with Crippen molar-refractivity contribution in [3.05, 3.63) is 70.2 Å². The molecule has 9 heteroatoms. The van der Waals surface area contributed by atoms with Crippen LogP contribution in [0.2, 0.25) is 0 Å². The summed E-state index contributed by atoms with van der Waals surface area (Å²) in [4.78, 5) is 18.6. The van der Waals surface area contributed by atoms with Gasteiger partial charge in [0, 0.05) is 18.7 Å². The second-order valence-electron chi connectivity index (χ2n) is 6.64. The van der Waals surface area contributed by atoms with E-state index < -0.39 is 23.6 Å². The number of nitrogens with zero attached hydrogens (tertiary/aromatic N) is 4. The van der Waals surface area contributed by atoms with Crippen LogP contribution in [0.25, 0.3) is 21.6 Å². The fraction of sp³-hybridized carbons (Fsp3) is 0.143. The van der Waals surface area contributed by atoms with Gasteiger partial charge in [0.1, 0.15) is 17.7 Å². The first-order chi connectivity index (χ1) is 14.4. The van der Waals surface area contributed by atoms with E-state index in [0.717, 1.165) is 17.0 Å². The first-order valence-corrected chi connectivity index (χ1v) is 9.80. The number of amides is 1. The zero-order valence-corrected chi connectivity index (χ0v) is 16.8. The molecule has 0 aliphatic heterocycles. The van der Waals surface area contributed by atoms with Gasteiger partial charge >= 0.3 is 0 Å². The highest BCUT2D eigenvalue weighted by Crippen LogP contribution is 2.29. The van der Waals surface area contributed by atoms with Crippen LogP contribution in [0.15, 0.2) is 41.8 Å². The minimum absolute atomic E-state index is 0.112. The van der Waals surface area contributed by atoms with Gasteiger partial charge in [-0.1, -0.05) is 12.1 Å². The number of halogens is 2. The molecule has 0 fully saturated rings. The van der Waals surface area contributed by atoms with E-state index in [9.17, 15) is 18.8 Å². The Morgan fingerprint density at radius 1 is 1.30 bits per heavy atom. The molecule has 3 aromatic heterocycles. The number of carbonyl (C=O) groups excluding carboxylic acids is 1. The number of aryl methyl sites for hydroxylation is 2.